The van der Waals surface area contributed by atoms with E-state index >= 15 is 0 Å². The summed E-state index contributed by atoms with van der Waals surface area (Å²) in [5.74, 6) is 0.0918. The summed E-state index contributed by atoms with van der Waals surface area (Å²) >= 11 is 0. The first kappa shape index (κ1) is 18.2. The van der Waals surface area contributed by atoms with Crippen molar-refractivity contribution in [2.24, 2.45) is 11.7 Å². The molecule has 22 heavy (non-hydrogen) atoms. The number of amides is 1. The summed E-state index contributed by atoms with van der Waals surface area (Å²) in [5, 5.41) is 2.88. The van der Waals surface area contributed by atoms with Crippen LogP contribution in [0, 0.1) is 5.92 Å². The van der Waals surface area contributed by atoms with E-state index in [2.05, 4.69) is 5.32 Å². The van der Waals surface area contributed by atoms with Gasteiger partial charge < -0.3 is 15.8 Å². The molecule has 0 aliphatic rings. The van der Waals surface area contributed by atoms with Gasteiger partial charge in [-0.1, -0.05) is 19.1 Å². The lowest BCUT2D eigenvalue weighted by molar-refractivity contribution is 0.0916. The number of carbonyl (C=O) groups is 1. The monoisotopic (exact) mass is 308 g/mol. The Kier molecular flexibility index (Phi) is 6.56. The predicted molar refractivity (Wildman–Crippen MR) is 86.6 cm³/mol. The smallest absolute Gasteiger partial charge is 0.255 e. The number of hydrogen-bond acceptors (Lipinski definition) is 3. The van der Waals surface area contributed by atoms with E-state index in [1.807, 2.05) is 27.7 Å². The van der Waals surface area contributed by atoms with E-state index in [0.717, 1.165) is 0 Å². The fourth-order valence-electron chi connectivity index (χ4n) is 1.78. The molecule has 0 spiro atoms. The summed E-state index contributed by atoms with van der Waals surface area (Å²) in [4.78, 5) is 12.3. The number of nitrogens with one attached hydrogen (secondary N) is 1. The third-order valence-corrected chi connectivity index (χ3v) is 3.14. The Labute approximate surface area is 131 Å². The number of rotatable bonds is 6. The number of halogens is 1. The van der Waals surface area contributed by atoms with Gasteiger partial charge in [0.2, 0.25) is 0 Å². The van der Waals surface area contributed by atoms with Crippen LogP contribution in [-0.4, -0.2) is 24.6 Å². The Morgan fingerprint density at radius 2 is 2.05 bits per heavy atom. The normalized spacial score (nSPS) is 13.6. The second kappa shape index (κ2) is 7.94. The number of benzene rings is 1. The van der Waals surface area contributed by atoms with Gasteiger partial charge in [-0.3, -0.25) is 4.79 Å². The van der Waals surface area contributed by atoms with Crippen LogP contribution >= 0.6 is 0 Å². The summed E-state index contributed by atoms with van der Waals surface area (Å²) in [6.07, 6.45) is 0.523. The Balaban J connectivity index is 2.86. The number of para-hydroxylation sites is 1. The van der Waals surface area contributed by atoms with Crippen LogP contribution in [0.1, 0.15) is 38.1 Å². The van der Waals surface area contributed by atoms with E-state index in [0.29, 0.717) is 29.8 Å². The summed E-state index contributed by atoms with van der Waals surface area (Å²) in [6.45, 7) is 7.94. The van der Waals surface area contributed by atoms with Crippen molar-refractivity contribution in [1.29, 1.82) is 0 Å². The topological polar surface area (TPSA) is 64.3 Å². The first-order valence-corrected chi connectivity index (χ1v) is 7.32. The number of nitrogens with two attached hydrogens (primary N) is 1. The van der Waals surface area contributed by atoms with E-state index in [4.69, 9.17) is 10.5 Å². The van der Waals surface area contributed by atoms with Gasteiger partial charge in [0, 0.05) is 5.54 Å². The highest BCUT2D eigenvalue weighted by atomic mass is 19.1. The number of carbonyl (C=O) groups excluding carboxylic acids is 1. The molecule has 0 bridgehead atoms. The summed E-state index contributed by atoms with van der Waals surface area (Å²) < 4.78 is 18.5. The molecule has 122 valence electrons. The average Bonchev–Trinajstić information content (AvgIpc) is 2.46. The van der Waals surface area contributed by atoms with E-state index in [9.17, 15) is 9.18 Å². The third-order valence-electron chi connectivity index (χ3n) is 3.14. The van der Waals surface area contributed by atoms with Gasteiger partial charge in [-0.25, -0.2) is 4.39 Å². The van der Waals surface area contributed by atoms with Gasteiger partial charge in [-0.2, -0.15) is 0 Å². The molecule has 5 heteroatoms. The molecule has 4 nitrogen and oxygen atoms in total. The molecule has 3 N–H and O–H groups in total. The number of ether oxygens (including phenoxy) is 1. The van der Waals surface area contributed by atoms with Gasteiger partial charge in [0.25, 0.3) is 5.91 Å². The maximum absolute atomic E-state index is 12.9. The Morgan fingerprint density at radius 3 is 2.59 bits per heavy atom. The van der Waals surface area contributed by atoms with Gasteiger partial charge in [-0.15, -0.1) is 0 Å². The van der Waals surface area contributed by atoms with Crippen molar-refractivity contribution in [1.82, 2.24) is 5.32 Å². The molecule has 0 aliphatic carbocycles. The molecule has 0 heterocycles. The highest BCUT2D eigenvalue weighted by molar-refractivity contribution is 5.97. The van der Waals surface area contributed by atoms with Crippen molar-refractivity contribution in [3.8, 4) is 5.75 Å². The lowest BCUT2D eigenvalue weighted by Gasteiger charge is -2.22. The van der Waals surface area contributed by atoms with E-state index < -0.39 is 0 Å². The lowest BCUT2D eigenvalue weighted by atomic mass is 10.0. The standard InChI is InChI=1S/C17H25FN2O2/c1-12(10-19)13(9-18)11-22-15-8-6-5-7-14(15)16(21)20-17(2,3)4/h5-9,12H,10-11,19H2,1-4H3,(H,20,21)/b13-9-. The molecular formula is C17H25FN2O2. The van der Waals surface area contributed by atoms with Crippen molar-refractivity contribution in [2.45, 2.75) is 33.2 Å². The zero-order valence-corrected chi connectivity index (χ0v) is 13.7. The molecule has 1 amide bonds. The average molecular weight is 308 g/mol. The molecule has 1 atom stereocenters. The minimum atomic E-state index is -0.345. The predicted octanol–water partition coefficient (Wildman–Crippen LogP) is 3.04. The Morgan fingerprint density at radius 1 is 1.41 bits per heavy atom. The third kappa shape index (κ3) is 5.48. The number of hydrogen-bond donors (Lipinski definition) is 2. The van der Waals surface area contributed by atoms with Gasteiger partial charge in [-0.05, 0) is 50.9 Å². The SMILES string of the molecule is CC(CN)/C(=C\F)COc1ccccc1C(=O)NC(C)(C)C. The molecule has 0 saturated heterocycles. The van der Waals surface area contributed by atoms with Gasteiger partial charge in [0.15, 0.2) is 0 Å². The van der Waals surface area contributed by atoms with Crippen LogP contribution in [-0.2, 0) is 0 Å². The second-order valence-electron chi connectivity index (χ2n) is 6.31. The molecule has 1 aromatic carbocycles. The molecule has 0 aliphatic heterocycles. The van der Waals surface area contributed by atoms with Crippen LogP contribution < -0.4 is 15.8 Å². The summed E-state index contributed by atoms with van der Waals surface area (Å²) in [5.41, 5.74) is 6.09. The van der Waals surface area contributed by atoms with Gasteiger partial charge in [0.1, 0.15) is 12.4 Å². The fourth-order valence-corrected chi connectivity index (χ4v) is 1.78. The van der Waals surface area contributed by atoms with Crippen LogP contribution in [0.4, 0.5) is 4.39 Å². The van der Waals surface area contributed by atoms with Crippen LogP contribution in [0.3, 0.4) is 0 Å². The van der Waals surface area contributed by atoms with Crippen molar-refractivity contribution in [2.75, 3.05) is 13.2 Å². The molecule has 0 aromatic heterocycles. The first-order chi connectivity index (χ1) is 10.3. The van der Waals surface area contributed by atoms with Gasteiger partial charge >= 0.3 is 0 Å². The molecule has 0 saturated carbocycles. The largest absolute Gasteiger partial charge is 0.488 e. The molecule has 1 unspecified atom stereocenters. The highest BCUT2D eigenvalue weighted by Crippen LogP contribution is 2.21. The molecule has 1 rings (SSSR count). The Bertz CT molecular complexity index is 536. The Hall–Kier alpha value is -1.88. The van der Waals surface area contributed by atoms with Crippen molar-refractivity contribution >= 4 is 5.91 Å². The first-order valence-electron chi connectivity index (χ1n) is 7.32. The van der Waals surface area contributed by atoms with Gasteiger partial charge in [0.05, 0.1) is 11.9 Å². The highest BCUT2D eigenvalue weighted by Gasteiger charge is 2.19. The zero-order valence-electron chi connectivity index (χ0n) is 13.7. The van der Waals surface area contributed by atoms with E-state index in [1.54, 1.807) is 24.3 Å². The van der Waals surface area contributed by atoms with Crippen LogP contribution in [0.2, 0.25) is 0 Å². The fraction of sp³-hybridized carbons (Fsp3) is 0.471. The van der Waals surface area contributed by atoms with Crippen molar-refractivity contribution in [3.05, 3.63) is 41.7 Å². The molecule has 1 aromatic rings. The summed E-state index contributed by atoms with van der Waals surface area (Å²) in [7, 11) is 0. The summed E-state index contributed by atoms with van der Waals surface area (Å²) in [6, 6.07) is 6.91. The van der Waals surface area contributed by atoms with Crippen molar-refractivity contribution in [3.63, 3.8) is 0 Å². The minimum absolute atomic E-state index is 0.0642. The van der Waals surface area contributed by atoms with Crippen LogP contribution in [0.25, 0.3) is 0 Å². The van der Waals surface area contributed by atoms with Crippen molar-refractivity contribution < 1.29 is 13.9 Å². The molecular weight excluding hydrogens is 283 g/mol. The quantitative estimate of drug-likeness (QED) is 0.849. The minimum Gasteiger partial charge on any atom is -0.488 e. The van der Waals surface area contributed by atoms with E-state index in [1.165, 1.54) is 0 Å². The molecule has 0 fully saturated rings. The van der Waals surface area contributed by atoms with E-state index in [-0.39, 0.29) is 24.0 Å². The lowest BCUT2D eigenvalue weighted by Crippen LogP contribution is -2.40. The zero-order chi connectivity index (χ0) is 16.8. The second-order valence-corrected chi connectivity index (χ2v) is 6.31. The molecule has 0 radical (unpaired) electrons. The maximum atomic E-state index is 12.9. The van der Waals surface area contributed by atoms with Crippen LogP contribution in [0.5, 0.6) is 5.75 Å². The maximum Gasteiger partial charge on any atom is 0.255 e. The van der Waals surface area contributed by atoms with Crippen LogP contribution in [0.15, 0.2) is 36.2 Å².